The lowest BCUT2D eigenvalue weighted by atomic mass is 9.83. The molecule has 2 aliphatic rings. The van der Waals surface area contributed by atoms with Crippen molar-refractivity contribution in [1.82, 2.24) is 0 Å². The van der Waals surface area contributed by atoms with Gasteiger partial charge in [-0.25, -0.2) is 0 Å². The highest BCUT2D eigenvalue weighted by Gasteiger charge is 2.66. The minimum absolute atomic E-state index is 0.139. The van der Waals surface area contributed by atoms with E-state index < -0.39 is 30.0 Å². The molecule has 0 aromatic carbocycles. The van der Waals surface area contributed by atoms with Gasteiger partial charge in [0.05, 0.1) is 26.4 Å². The van der Waals surface area contributed by atoms with Gasteiger partial charge in [-0.3, -0.25) is 0 Å². The molecular weight excluding hydrogens is 192 g/mol. The van der Waals surface area contributed by atoms with Gasteiger partial charge in [0.1, 0.15) is 23.4 Å². The van der Waals surface area contributed by atoms with Gasteiger partial charge in [-0.2, -0.15) is 0 Å². The quantitative estimate of drug-likeness (QED) is 0.390. The van der Waals surface area contributed by atoms with Crippen molar-refractivity contribution in [2.24, 2.45) is 0 Å². The number of ether oxygens (including phenoxy) is 2. The second kappa shape index (κ2) is 3.13. The predicted octanol–water partition coefficient (Wildman–Crippen LogP) is -2.77. The van der Waals surface area contributed by atoms with E-state index in [-0.39, 0.29) is 19.8 Å². The Kier molecular flexibility index (Phi) is 2.30. The Bertz CT molecular complexity index is 234. The van der Waals surface area contributed by atoms with Crippen molar-refractivity contribution in [1.29, 1.82) is 0 Å². The zero-order valence-electron chi connectivity index (χ0n) is 7.59. The predicted molar refractivity (Wildman–Crippen MR) is 43.6 cm³/mol. The topological polar surface area (TPSA) is 99.4 Å². The highest BCUT2D eigenvalue weighted by Crippen LogP contribution is 2.41. The van der Waals surface area contributed by atoms with Crippen LogP contribution < -0.4 is 0 Å². The summed E-state index contributed by atoms with van der Waals surface area (Å²) in [5.74, 6) is 0. The first kappa shape index (κ1) is 10.3. The van der Waals surface area contributed by atoms with Crippen molar-refractivity contribution >= 4 is 0 Å². The fourth-order valence-corrected chi connectivity index (χ4v) is 2.04. The zero-order chi connectivity index (χ0) is 10.4. The average Bonchev–Trinajstić information content (AvgIpc) is 2.64. The highest BCUT2D eigenvalue weighted by molar-refractivity contribution is 5.14. The molecule has 2 rings (SSSR count). The van der Waals surface area contributed by atoms with E-state index in [2.05, 4.69) is 0 Å². The Morgan fingerprint density at radius 2 is 1.86 bits per heavy atom. The van der Waals surface area contributed by atoms with Crippen LogP contribution in [0.5, 0.6) is 0 Å². The van der Waals surface area contributed by atoms with Crippen molar-refractivity contribution in [2.45, 2.75) is 23.4 Å². The molecule has 2 fully saturated rings. The fraction of sp³-hybridized carbons (Fsp3) is 1.00. The Hall–Kier alpha value is -0.240. The third kappa shape index (κ3) is 1.06. The Balaban J connectivity index is 2.25. The van der Waals surface area contributed by atoms with E-state index in [1.165, 1.54) is 0 Å². The van der Waals surface area contributed by atoms with Gasteiger partial charge < -0.3 is 29.9 Å². The van der Waals surface area contributed by atoms with Crippen LogP contribution in [0.1, 0.15) is 0 Å². The summed E-state index contributed by atoms with van der Waals surface area (Å²) in [6, 6.07) is 0. The summed E-state index contributed by atoms with van der Waals surface area (Å²) in [7, 11) is 0. The van der Waals surface area contributed by atoms with Crippen LogP contribution in [0, 0.1) is 0 Å². The van der Waals surface area contributed by atoms with E-state index in [0.29, 0.717) is 0 Å². The van der Waals surface area contributed by atoms with Crippen molar-refractivity contribution in [3.8, 4) is 0 Å². The summed E-state index contributed by atoms with van der Waals surface area (Å²) in [6.07, 6.45) is -1.41. The van der Waals surface area contributed by atoms with Crippen LogP contribution in [-0.4, -0.2) is 70.3 Å². The second-order valence-corrected chi connectivity index (χ2v) is 3.88. The highest BCUT2D eigenvalue weighted by atomic mass is 16.6. The van der Waals surface area contributed by atoms with Gasteiger partial charge in [0.2, 0.25) is 0 Å². The van der Waals surface area contributed by atoms with Crippen LogP contribution >= 0.6 is 0 Å². The normalized spacial score (nSPS) is 52.3. The third-order valence-electron chi connectivity index (χ3n) is 3.07. The number of fused-ring (bicyclic) bond motifs is 1. The van der Waals surface area contributed by atoms with E-state index in [4.69, 9.17) is 19.7 Å². The van der Waals surface area contributed by atoms with Crippen LogP contribution in [0.15, 0.2) is 0 Å². The third-order valence-corrected chi connectivity index (χ3v) is 3.07. The second-order valence-electron chi connectivity index (χ2n) is 3.88. The lowest BCUT2D eigenvalue weighted by molar-refractivity contribution is -0.149. The van der Waals surface area contributed by atoms with Crippen molar-refractivity contribution in [3.63, 3.8) is 0 Å². The summed E-state index contributed by atoms with van der Waals surface area (Å²) in [5.41, 5.74) is -3.31. The van der Waals surface area contributed by atoms with Crippen LogP contribution in [0.3, 0.4) is 0 Å². The first-order chi connectivity index (χ1) is 6.57. The maximum atomic E-state index is 10.1. The lowest BCUT2D eigenvalue weighted by Crippen LogP contribution is -2.59. The molecule has 0 aromatic rings. The molecular formula is C8H14O6. The summed E-state index contributed by atoms with van der Waals surface area (Å²) < 4.78 is 10.2. The number of rotatable bonds is 2. The lowest BCUT2D eigenvalue weighted by Gasteiger charge is -2.32. The summed E-state index contributed by atoms with van der Waals surface area (Å²) in [4.78, 5) is 0. The summed E-state index contributed by atoms with van der Waals surface area (Å²) in [6.45, 7) is -1.17. The molecule has 82 valence electrons. The molecule has 14 heavy (non-hydrogen) atoms. The standard InChI is InChI=1S/C8H14O6/c9-1-5-6-8(12,4-13-5)7(11,2-10)3-14-6/h5-6,9-12H,1-4H2/t5-,6-,7+,8+/m1/s1. The van der Waals surface area contributed by atoms with E-state index in [0.717, 1.165) is 0 Å². The molecule has 0 spiro atoms. The van der Waals surface area contributed by atoms with E-state index in [1.54, 1.807) is 0 Å². The Morgan fingerprint density at radius 3 is 2.43 bits per heavy atom. The van der Waals surface area contributed by atoms with Crippen LogP contribution in [-0.2, 0) is 9.47 Å². The summed E-state index contributed by atoms with van der Waals surface area (Å²) >= 11 is 0. The smallest absolute Gasteiger partial charge is 0.150 e. The minimum Gasteiger partial charge on any atom is -0.394 e. The zero-order valence-corrected chi connectivity index (χ0v) is 7.59. The Morgan fingerprint density at radius 1 is 1.14 bits per heavy atom. The van der Waals surface area contributed by atoms with Gasteiger partial charge in [0.15, 0.2) is 0 Å². The number of hydrogen-bond donors (Lipinski definition) is 4. The maximum absolute atomic E-state index is 10.1. The maximum Gasteiger partial charge on any atom is 0.150 e. The molecule has 6 heteroatoms. The van der Waals surface area contributed by atoms with E-state index in [1.807, 2.05) is 0 Å². The van der Waals surface area contributed by atoms with Gasteiger partial charge in [0.25, 0.3) is 0 Å². The fourth-order valence-electron chi connectivity index (χ4n) is 2.04. The van der Waals surface area contributed by atoms with Crippen molar-refractivity contribution < 1.29 is 29.9 Å². The van der Waals surface area contributed by atoms with E-state index >= 15 is 0 Å². The molecule has 0 amide bonds. The van der Waals surface area contributed by atoms with E-state index in [9.17, 15) is 10.2 Å². The monoisotopic (exact) mass is 206 g/mol. The first-order valence-corrected chi connectivity index (χ1v) is 4.47. The Labute approximate surface area is 80.7 Å². The largest absolute Gasteiger partial charge is 0.394 e. The molecule has 0 bridgehead atoms. The molecule has 2 heterocycles. The molecule has 4 atom stereocenters. The van der Waals surface area contributed by atoms with Gasteiger partial charge in [-0.1, -0.05) is 0 Å². The number of aliphatic hydroxyl groups excluding tert-OH is 2. The molecule has 0 aromatic heterocycles. The summed E-state index contributed by atoms with van der Waals surface area (Å²) in [5, 5.41) is 37.8. The van der Waals surface area contributed by atoms with Gasteiger partial charge in [-0.15, -0.1) is 0 Å². The average molecular weight is 206 g/mol. The van der Waals surface area contributed by atoms with Gasteiger partial charge in [-0.05, 0) is 0 Å². The SMILES string of the molecule is OC[C@H]1OC[C@]2(O)[C@@H]1OC[C@@]2(O)CO. The van der Waals surface area contributed by atoms with Crippen LogP contribution in [0.2, 0.25) is 0 Å². The molecule has 0 unspecified atom stereocenters. The molecule has 2 aliphatic heterocycles. The van der Waals surface area contributed by atoms with Crippen molar-refractivity contribution in [2.75, 3.05) is 26.4 Å². The molecule has 4 N–H and O–H groups in total. The molecule has 0 aliphatic carbocycles. The number of aliphatic hydroxyl groups is 4. The molecule has 6 nitrogen and oxygen atoms in total. The number of hydrogen-bond acceptors (Lipinski definition) is 6. The minimum atomic E-state index is -1.69. The molecule has 2 saturated heterocycles. The first-order valence-electron chi connectivity index (χ1n) is 4.47. The molecule has 0 radical (unpaired) electrons. The van der Waals surface area contributed by atoms with Crippen LogP contribution in [0.4, 0.5) is 0 Å². The van der Waals surface area contributed by atoms with Gasteiger partial charge in [0, 0.05) is 0 Å². The van der Waals surface area contributed by atoms with Crippen molar-refractivity contribution in [3.05, 3.63) is 0 Å². The van der Waals surface area contributed by atoms with Gasteiger partial charge >= 0.3 is 0 Å². The molecule has 0 saturated carbocycles. The van der Waals surface area contributed by atoms with Crippen LogP contribution in [0.25, 0.3) is 0 Å².